The fraction of sp³-hybridized carbons (Fsp3) is 0.706. The highest BCUT2D eigenvalue weighted by atomic mass is 32.1. The fourth-order valence-electron chi connectivity index (χ4n) is 2.27. The lowest BCUT2D eigenvalue weighted by Gasteiger charge is -2.25. The molecule has 0 aromatic carbocycles. The molecule has 0 fully saturated rings. The summed E-state index contributed by atoms with van der Waals surface area (Å²) in [5.41, 5.74) is 16.4. The number of nitrogens with two attached hydrogens (primary N) is 3. The van der Waals surface area contributed by atoms with E-state index in [0.29, 0.717) is 6.42 Å². The molecular formula is C17H33N7O5S2. The van der Waals surface area contributed by atoms with E-state index in [0.717, 1.165) is 0 Å². The second-order valence-corrected chi connectivity index (χ2v) is 7.84. The van der Waals surface area contributed by atoms with Crippen molar-refractivity contribution in [3.8, 4) is 0 Å². The number of hydrogen-bond donors (Lipinski definition) is 9. The van der Waals surface area contributed by atoms with Crippen LogP contribution in [-0.4, -0.2) is 77.0 Å². The van der Waals surface area contributed by atoms with Crippen molar-refractivity contribution in [1.29, 1.82) is 0 Å². The van der Waals surface area contributed by atoms with Gasteiger partial charge in [-0.15, -0.1) is 0 Å². The number of thiol groups is 2. The number of aliphatic imine (C=N–C) groups is 1. The molecule has 31 heavy (non-hydrogen) atoms. The molecule has 4 atom stereocenters. The molecule has 0 heterocycles. The Labute approximate surface area is 192 Å². The standard InChI is InChI=1S/C17H33N7O5S2/c1-8(2)12(18)15(27)22-9(4-3-5-21-17(19)20)13(25)23-10(6-30)14(26)24-11(7-31)16(28)29/h8-12,30-31H,3-7,18H2,1-2H3,(H,22,27)(H,23,25)(H,24,26)(H,28,29)(H4,19,20,21). The topological polar surface area (TPSA) is 215 Å². The van der Waals surface area contributed by atoms with E-state index in [1.165, 1.54) is 0 Å². The Hall–Kier alpha value is -2.19. The third-order valence-corrected chi connectivity index (χ3v) is 4.94. The van der Waals surface area contributed by atoms with Crippen LogP contribution in [0.1, 0.15) is 26.7 Å². The number of carbonyl (C=O) groups excluding carboxylic acids is 3. The van der Waals surface area contributed by atoms with Crippen LogP contribution >= 0.6 is 25.3 Å². The van der Waals surface area contributed by atoms with Gasteiger partial charge in [-0.25, -0.2) is 4.79 Å². The summed E-state index contributed by atoms with van der Waals surface area (Å²) < 4.78 is 0. The van der Waals surface area contributed by atoms with E-state index in [1.807, 2.05) is 0 Å². The number of carboxylic acids is 1. The third-order valence-electron chi connectivity index (χ3n) is 4.21. The summed E-state index contributed by atoms with van der Waals surface area (Å²) in [4.78, 5) is 52.3. The van der Waals surface area contributed by atoms with Gasteiger partial charge in [-0.05, 0) is 18.8 Å². The summed E-state index contributed by atoms with van der Waals surface area (Å²) in [6.45, 7) is 3.76. The summed E-state index contributed by atoms with van der Waals surface area (Å²) in [5, 5.41) is 16.4. The lowest BCUT2D eigenvalue weighted by Crippen LogP contribution is -2.58. The molecule has 12 nitrogen and oxygen atoms in total. The second-order valence-electron chi connectivity index (χ2n) is 7.11. The Morgan fingerprint density at radius 3 is 1.84 bits per heavy atom. The molecule has 0 aliphatic heterocycles. The maximum atomic E-state index is 12.8. The number of carboxylic acid groups (broad SMARTS) is 1. The largest absolute Gasteiger partial charge is 0.480 e. The van der Waals surface area contributed by atoms with Crippen LogP contribution in [0.5, 0.6) is 0 Å². The van der Waals surface area contributed by atoms with Crippen LogP contribution in [0.3, 0.4) is 0 Å². The Bertz CT molecular complexity index is 659. The van der Waals surface area contributed by atoms with Gasteiger partial charge in [-0.1, -0.05) is 13.8 Å². The van der Waals surface area contributed by atoms with Crippen molar-refractivity contribution >= 4 is 54.9 Å². The van der Waals surface area contributed by atoms with Crippen LogP contribution in [0, 0.1) is 5.92 Å². The maximum Gasteiger partial charge on any atom is 0.327 e. The predicted molar refractivity (Wildman–Crippen MR) is 124 cm³/mol. The first-order valence-electron chi connectivity index (χ1n) is 9.61. The van der Waals surface area contributed by atoms with Gasteiger partial charge in [0.05, 0.1) is 6.04 Å². The fourth-order valence-corrected chi connectivity index (χ4v) is 2.77. The molecule has 10 N–H and O–H groups in total. The molecule has 0 saturated carbocycles. The van der Waals surface area contributed by atoms with Gasteiger partial charge < -0.3 is 38.3 Å². The highest BCUT2D eigenvalue weighted by Crippen LogP contribution is 2.04. The lowest BCUT2D eigenvalue weighted by molar-refractivity contribution is -0.141. The molecular weight excluding hydrogens is 446 g/mol. The Morgan fingerprint density at radius 2 is 1.39 bits per heavy atom. The van der Waals surface area contributed by atoms with Crippen LogP contribution < -0.4 is 33.2 Å². The molecule has 14 heteroatoms. The van der Waals surface area contributed by atoms with Gasteiger partial charge >= 0.3 is 5.97 Å². The zero-order valence-corrected chi connectivity index (χ0v) is 19.4. The van der Waals surface area contributed by atoms with Gasteiger partial charge in [0.15, 0.2) is 5.96 Å². The summed E-state index contributed by atoms with van der Waals surface area (Å²) in [6.07, 6.45) is 0.542. The quantitative estimate of drug-likeness (QED) is 0.0557. The van der Waals surface area contributed by atoms with E-state index >= 15 is 0 Å². The van der Waals surface area contributed by atoms with Crippen LogP contribution in [0.2, 0.25) is 0 Å². The highest BCUT2D eigenvalue weighted by Gasteiger charge is 2.29. The molecule has 0 spiro atoms. The number of aliphatic carboxylic acids is 1. The first kappa shape index (κ1) is 28.8. The normalized spacial score (nSPS) is 14.6. The van der Waals surface area contributed by atoms with Crippen LogP contribution in [-0.2, 0) is 19.2 Å². The van der Waals surface area contributed by atoms with Crippen molar-refractivity contribution in [2.45, 2.75) is 50.9 Å². The molecule has 0 aromatic heterocycles. The van der Waals surface area contributed by atoms with Crippen molar-refractivity contribution in [3.05, 3.63) is 0 Å². The van der Waals surface area contributed by atoms with Crippen molar-refractivity contribution in [2.24, 2.45) is 28.1 Å². The van der Waals surface area contributed by atoms with E-state index in [9.17, 15) is 19.2 Å². The SMILES string of the molecule is CC(C)C(N)C(=O)NC(CCCN=C(N)N)C(=O)NC(CS)C(=O)NC(CS)C(=O)O. The number of amides is 3. The molecule has 0 aliphatic carbocycles. The van der Waals surface area contributed by atoms with Gasteiger partial charge in [0.1, 0.15) is 18.1 Å². The van der Waals surface area contributed by atoms with Gasteiger partial charge in [0, 0.05) is 18.1 Å². The average Bonchev–Trinajstić information content (AvgIpc) is 2.70. The minimum atomic E-state index is -1.26. The first-order valence-corrected chi connectivity index (χ1v) is 10.9. The van der Waals surface area contributed by atoms with Crippen molar-refractivity contribution in [2.75, 3.05) is 18.1 Å². The zero-order valence-electron chi connectivity index (χ0n) is 17.6. The molecule has 0 saturated heterocycles. The number of nitrogens with one attached hydrogen (secondary N) is 3. The number of guanidine groups is 1. The Morgan fingerprint density at radius 1 is 0.903 bits per heavy atom. The van der Waals surface area contributed by atoms with E-state index < -0.39 is 47.9 Å². The van der Waals surface area contributed by atoms with Crippen molar-refractivity contribution < 1.29 is 24.3 Å². The van der Waals surface area contributed by atoms with Gasteiger partial charge in [0.25, 0.3) is 0 Å². The molecule has 0 radical (unpaired) electrons. The molecule has 0 aromatic rings. The summed E-state index contributed by atoms with van der Waals surface area (Å²) >= 11 is 7.92. The van der Waals surface area contributed by atoms with E-state index in [1.54, 1.807) is 13.8 Å². The molecule has 4 unspecified atom stereocenters. The minimum Gasteiger partial charge on any atom is -0.480 e. The summed E-state index contributed by atoms with van der Waals surface area (Å²) in [7, 11) is 0. The molecule has 0 aliphatic rings. The predicted octanol–water partition coefficient (Wildman–Crippen LogP) is -2.58. The first-order chi connectivity index (χ1) is 14.4. The zero-order chi connectivity index (χ0) is 24.1. The smallest absolute Gasteiger partial charge is 0.327 e. The molecule has 0 bridgehead atoms. The van der Waals surface area contributed by atoms with Crippen LogP contribution in [0.25, 0.3) is 0 Å². The lowest BCUT2D eigenvalue weighted by atomic mass is 10.0. The summed E-state index contributed by atoms with van der Waals surface area (Å²) in [6, 6.07) is -4.20. The Balaban J connectivity index is 5.27. The molecule has 3 amide bonds. The monoisotopic (exact) mass is 479 g/mol. The number of rotatable bonds is 14. The average molecular weight is 480 g/mol. The Kier molecular flexibility index (Phi) is 13.7. The van der Waals surface area contributed by atoms with E-state index in [4.69, 9.17) is 22.3 Å². The van der Waals surface area contributed by atoms with Crippen molar-refractivity contribution in [3.63, 3.8) is 0 Å². The second kappa shape index (κ2) is 14.8. The van der Waals surface area contributed by atoms with Crippen molar-refractivity contribution in [1.82, 2.24) is 16.0 Å². The maximum absolute atomic E-state index is 12.8. The number of nitrogens with zero attached hydrogens (tertiary/aromatic N) is 1. The van der Waals surface area contributed by atoms with Gasteiger partial charge in [0.2, 0.25) is 17.7 Å². The minimum absolute atomic E-state index is 0.101. The summed E-state index contributed by atoms with van der Waals surface area (Å²) in [5.74, 6) is -3.67. The van der Waals surface area contributed by atoms with Gasteiger partial charge in [-0.2, -0.15) is 25.3 Å². The highest BCUT2D eigenvalue weighted by molar-refractivity contribution is 7.80. The molecule has 0 rings (SSSR count). The van der Waals surface area contributed by atoms with Gasteiger partial charge in [-0.3, -0.25) is 19.4 Å². The van der Waals surface area contributed by atoms with Crippen LogP contribution in [0.4, 0.5) is 0 Å². The van der Waals surface area contributed by atoms with E-state index in [2.05, 4.69) is 46.2 Å². The van der Waals surface area contributed by atoms with E-state index in [-0.39, 0.29) is 36.3 Å². The number of carbonyl (C=O) groups is 4. The molecule has 178 valence electrons. The third kappa shape index (κ3) is 11.1. The number of hydrogen-bond acceptors (Lipinski definition) is 8. The van der Waals surface area contributed by atoms with Crippen LogP contribution in [0.15, 0.2) is 4.99 Å².